The van der Waals surface area contributed by atoms with Gasteiger partial charge in [-0.1, -0.05) is 6.07 Å². The molecule has 16 heteroatoms. The van der Waals surface area contributed by atoms with E-state index in [1.54, 1.807) is 49.4 Å². The first-order valence-electron chi connectivity index (χ1n) is 11.8. The molecule has 0 radical (unpaired) electrons. The Morgan fingerprint density at radius 1 is 1.07 bits per heavy atom. The van der Waals surface area contributed by atoms with Gasteiger partial charge in [0.15, 0.2) is 5.13 Å². The number of phenolic OH excluding ortho intramolecular Hbond substituents is 1. The van der Waals surface area contributed by atoms with Crippen LogP contribution in [0.4, 0.5) is 22.3 Å². The van der Waals surface area contributed by atoms with Crippen molar-refractivity contribution in [2.75, 3.05) is 16.6 Å². The molecule has 0 unspecified atom stereocenters. The first kappa shape index (κ1) is 30.6. The molecule has 2 aromatic carbocycles. The molecule has 1 amide bonds. The maximum absolute atomic E-state index is 12.3. The molecule has 0 saturated carbocycles. The van der Waals surface area contributed by atoms with Crippen LogP contribution < -0.4 is 10.0 Å². The average Bonchev–Trinajstić information content (AvgIpc) is 3.27. The number of aromatic nitrogens is 2. The summed E-state index contributed by atoms with van der Waals surface area (Å²) >= 11 is 1.29. The average molecular weight is 600 g/mol. The van der Waals surface area contributed by atoms with Crippen molar-refractivity contribution < 1.29 is 28.2 Å². The number of pyridine rings is 1. The number of phenols is 1. The number of nitrogens with zero attached hydrogens (tertiary/aromatic N) is 5. The summed E-state index contributed by atoms with van der Waals surface area (Å²) in [6.07, 6.45) is 1.91. The van der Waals surface area contributed by atoms with Gasteiger partial charge >= 0.3 is 0 Å². The minimum Gasteiger partial charge on any atom is -0.508 e. The van der Waals surface area contributed by atoms with E-state index >= 15 is 0 Å². The SMILES string of the molecule is CC(=O)Nc1nc(C)c(CCO[N+](=O)[O-])s1.O=S(=O)(Nc1ccccn1)c1ccc(N=Nc2ccc(O)cc2)cc1. The number of benzene rings is 2. The molecule has 0 aliphatic carbocycles. The summed E-state index contributed by atoms with van der Waals surface area (Å²) in [5.41, 5.74) is 1.83. The Balaban J connectivity index is 0.000000250. The van der Waals surface area contributed by atoms with Gasteiger partial charge in [-0.05, 0) is 67.6 Å². The van der Waals surface area contributed by atoms with Gasteiger partial charge in [0.05, 0.1) is 22.0 Å². The van der Waals surface area contributed by atoms with Crippen molar-refractivity contribution in [2.24, 2.45) is 10.2 Å². The zero-order chi connectivity index (χ0) is 29.8. The number of amides is 1. The van der Waals surface area contributed by atoms with Crippen LogP contribution in [0.15, 0.2) is 88.1 Å². The zero-order valence-electron chi connectivity index (χ0n) is 21.8. The van der Waals surface area contributed by atoms with E-state index in [0.29, 0.717) is 22.9 Å². The second-order valence-corrected chi connectivity index (χ2v) is 10.8. The van der Waals surface area contributed by atoms with Crippen LogP contribution in [0.5, 0.6) is 5.75 Å². The molecule has 41 heavy (non-hydrogen) atoms. The predicted molar refractivity (Wildman–Crippen MR) is 152 cm³/mol. The molecule has 0 fully saturated rings. The van der Waals surface area contributed by atoms with E-state index in [4.69, 9.17) is 0 Å². The van der Waals surface area contributed by atoms with Crippen molar-refractivity contribution in [1.29, 1.82) is 0 Å². The molecule has 4 rings (SSSR count). The molecule has 214 valence electrons. The molecule has 0 spiro atoms. The highest BCUT2D eigenvalue weighted by molar-refractivity contribution is 7.92. The molecular weight excluding hydrogens is 574 g/mol. The van der Waals surface area contributed by atoms with E-state index in [9.17, 15) is 28.4 Å². The molecule has 2 heterocycles. The number of carbonyl (C=O) groups excluding carboxylic acids is 1. The second kappa shape index (κ2) is 14.4. The monoisotopic (exact) mass is 599 g/mol. The smallest absolute Gasteiger partial charge is 0.294 e. The second-order valence-electron chi connectivity index (χ2n) is 8.05. The number of rotatable bonds is 10. The van der Waals surface area contributed by atoms with E-state index in [1.165, 1.54) is 48.7 Å². The fourth-order valence-electron chi connectivity index (χ4n) is 3.02. The normalized spacial score (nSPS) is 10.9. The van der Waals surface area contributed by atoms with Gasteiger partial charge in [0.25, 0.3) is 15.1 Å². The third-order valence-corrected chi connectivity index (χ3v) is 7.39. The van der Waals surface area contributed by atoms with Crippen molar-refractivity contribution in [2.45, 2.75) is 25.2 Å². The first-order valence-corrected chi connectivity index (χ1v) is 14.1. The molecular formula is C25H25N7O7S2. The number of azo groups is 1. The molecule has 2 aromatic heterocycles. The third kappa shape index (κ3) is 10.3. The van der Waals surface area contributed by atoms with Crippen LogP contribution in [-0.2, 0) is 26.1 Å². The quantitative estimate of drug-likeness (QED) is 0.125. The van der Waals surface area contributed by atoms with Crippen LogP contribution in [0.1, 0.15) is 17.5 Å². The molecule has 4 aromatic rings. The van der Waals surface area contributed by atoms with Crippen LogP contribution in [0, 0.1) is 17.0 Å². The predicted octanol–water partition coefficient (Wildman–Crippen LogP) is 5.16. The van der Waals surface area contributed by atoms with Gasteiger partial charge in [-0.25, -0.2) is 18.4 Å². The highest BCUT2D eigenvalue weighted by Gasteiger charge is 2.14. The molecule has 0 aliphatic rings. The Morgan fingerprint density at radius 3 is 2.27 bits per heavy atom. The van der Waals surface area contributed by atoms with Crippen molar-refractivity contribution in [3.63, 3.8) is 0 Å². The summed E-state index contributed by atoms with van der Waals surface area (Å²) in [6, 6.07) is 17.2. The summed E-state index contributed by atoms with van der Waals surface area (Å²) in [7, 11) is -3.71. The van der Waals surface area contributed by atoms with Crippen molar-refractivity contribution in [3.8, 4) is 5.75 Å². The molecule has 14 nitrogen and oxygen atoms in total. The number of hydrogen-bond acceptors (Lipinski definition) is 12. The van der Waals surface area contributed by atoms with E-state index < -0.39 is 15.1 Å². The van der Waals surface area contributed by atoms with Gasteiger partial charge in [-0.2, -0.15) is 10.2 Å². The van der Waals surface area contributed by atoms with E-state index in [2.05, 4.69) is 35.1 Å². The lowest BCUT2D eigenvalue weighted by Crippen LogP contribution is -2.13. The highest BCUT2D eigenvalue weighted by Crippen LogP contribution is 2.24. The van der Waals surface area contributed by atoms with Crippen LogP contribution in [0.3, 0.4) is 0 Å². The molecule has 0 atom stereocenters. The number of carbonyl (C=O) groups is 1. The lowest BCUT2D eigenvalue weighted by Gasteiger charge is -2.06. The van der Waals surface area contributed by atoms with Gasteiger partial charge in [0, 0.05) is 24.4 Å². The highest BCUT2D eigenvalue weighted by atomic mass is 32.2. The lowest BCUT2D eigenvalue weighted by atomic mass is 10.3. The summed E-state index contributed by atoms with van der Waals surface area (Å²) in [5.74, 6) is 0.203. The van der Waals surface area contributed by atoms with Gasteiger partial charge in [-0.3, -0.25) is 9.52 Å². The summed E-state index contributed by atoms with van der Waals surface area (Å²) in [6.45, 7) is 3.17. The molecule has 0 aliphatic heterocycles. The van der Waals surface area contributed by atoms with Gasteiger partial charge < -0.3 is 15.3 Å². The fourth-order valence-corrected chi connectivity index (χ4v) is 5.02. The van der Waals surface area contributed by atoms with Crippen molar-refractivity contribution in [3.05, 3.63) is 93.6 Å². The van der Waals surface area contributed by atoms with E-state index in [1.807, 2.05) is 0 Å². The Labute approximate surface area is 238 Å². The summed E-state index contributed by atoms with van der Waals surface area (Å²) in [5, 5.41) is 29.4. The lowest BCUT2D eigenvalue weighted by molar-refractivity contribution is -0.757. The largest absolute Gasteiger partial charge is 0.508 e. The molecule has 0 saturated heterocycles. The summed E-state index contributed by atoms with van der Waals surface area (Å²) < 4.78 is 27.0. The number of aromatic hydroxyl groups is 1. The fraction of sp³-hybridized carbons (Fsp3) is 0.160. The number of sulfonamides is 1. The van der Waals surface area contributed by atoms with E-state index in [-0.39, 0.29) is 29.0 Å². The van der Waals surface area contributed by atoms with Crippen molar-refractivity contribution >= 4 is 49.6 Å². The number of aryl methyl sites for hydroxylation is 1. The number of anilines is 2. The van der Waals surface area contributed by atoms with Gasteiger partial charge in [0.2, 0.25) is 5.91 Å². The minimum absolute atomic E-state index is 0.00442. The van der Waals surface area contributed by atoms with Crippen LogP contribution in [0.2, 0.25) is 0 Å². The maximum Gasteiger partial charge on any atom is 0.294 e. The van der Waals surface area contributed by atoms with E-state index in [0.717, 1.165) is 10.6 Å². The Morgan fingerprint density at radius 2 is 1.71 bits per heavy atom. The molecule has 0 bridgehead atoms. The first-order chi connectivity index (χ1) is 19.5. The standard InChI is InChI=1S/C17H14N4O3S.C8H11N3O4S/c22-15-8-4-13(5-9-15)19-20-14-6-10-16(11-7-14)25(23,24)21-17-3-1-2-12-18-17;1-5-7(3-4-15-11(13)14)16-8(9-5)10-6(2)12/h1-12,22H,(H,18,21);3-4H2,1-2H3,(H,9,10,12). The van der Waals surface area contributed by atoms with Gasteiger partial charge in [-0.15, -0.1) is 21.5 Å². The zero-order valence-corrected chi connectivity index (χ0v) is 23.4. The van der Waals surface area contributed by atoms with Crippen LogP contribution in [-0.4, -0.2) is 41.1 Å². The maximum atomic E-state index is 12.3. The Kier molecular flexibility index (Phi) is 10.8. The molecule has 3 N–H and O–H groups in total. The number of thiazole rings is 1. The number of nitrogens with one attached hydrogen (secondary N) is 2. The summed E-state index contributed by atoms with van der Waals surface area (Å²) in [4.78, 5) is 33.9. The van der Waals surface area contributed by atoms with Crippen LogP contribution in [0.25, 0.3) is 0 Å². The van der Waals surface area contributed by atoms with Crippen molar-refractivity contribution in [1.82, 2.24) is 9.97 Å². The van der Waals surface area contributed by atoms with Crippen LogP contribution >= 0.6 is 11.3 Å². The Hall–Kier alpha value is -4.96. The Bertz CT molecular complexity index is 1590. The number of hydrogen-bond donors (Lipinski definition) is 3. The minimum atomic E-state index is -3.71. The third-order valence-electron chi connectivity index (χ3n) is 4.88. The van der Waals surface area contributed by atoms with Gasteiger partial charge in [0.1, 0.15) is 18.2 Å². The topological polar surface area (TPSA) is 198 Å².